The summed E-state index contributed by atoms with van der Waals surface area (Å²) in [5, 5.41) is 8.56. The molecule has 148 valence electrons. The van der Waals surface area contributed by atoms with Crippen LogP contribution < -0.4 is 20.3 Å². The SMILES string of the molecule is COc1ccc(CCNc2cnn(CCCCCBr)c(=O)c2Cl)cc1OC. The summed E-state index contributed by atoms with van der Waals surface area (Å²) in [6.07, 6.45) is 5.39. The van der Waals surface area contributed by atoms with E-state index in [0.717, 1.165) is 36.6 Å². The number of rotatable bonds is 11. The molecule has 0 fully saturated rings. The van der Waals surface area contributed by atoms with Gasteiger partial charge >= 0.3 is 0 Å². The van der Waals surface area contributed by atoms with E-state index in [1.165, 1.54) is 4.68 Å². The molecular weight excluding hydrogens is 434 g/mol. The van der Waals surface area contributed by atoms with E-state index in [9.17, 15) is 4.79 Å². The van der Waals surface area contributed by atoms with Gasteiger partial charge in [-0.3, -0.25) is 4.79 Å². The predicted molar refractivity (Wildman–Crippen MR) is 113 cm³/mol. The Morgan fingerprint density at radius 3 is 2.67 bits per heavy atom. The summed E-state index contributed by atoms with van der Waals surface area (Å²) in [6, 6.07) is 5.79. The number of ether oxygens (including phenoxy) is 2. The van der Waals surface area contributed by atoms with Crippen LogP contribution in [-0.2, 0) is 13.0 Å². The summed E-state index contributed by atoms with van der Waals surface area (Å²) in [4.78, 5) is 12.3. The van der Waals surface area contributed by atoms with E-state index < -0.39 is 0 Å². The van der Waals surface area contributed by atoms with Crippen molar-refractivity contribution in [2.45, 2.75) is 32.2 Å². The number of halogens is 2. The minimum absolute atomic E-state index is 0.179. The Labute approximate surface area is 172 Å². The van der Waals surface area contributed by atoms with Crippen LogP contribution in [0.2, 0.25) is 5.02 Å². The summed E-state index contributed by atoms with van der Waals surface area (Å²) in [5.74, 6) is 1.39. The second-order valence-corrected chi connectivity index (χ2v) is 7.19. The van der Waals surface area contributed by atoms with Gasteiger partial charge in [0.05, 0.1) is 26.1 Å². The van der Waals surface area contributed by atoms with Gasteiger partial charge in [-0.1, -0.05) is 40.0 Å². The molecular formula is C19H25BrClN3O3. The van der Waals surface area contributed by atoms with Crippen LogP contribution >= 0.6 is 27.5 Å². The predicted octanol–water partition coefficient (Wildman–Crippen LogP) is 4.13. The first kappa shape index (κ1) is 21.6. The molecule has 8 heteroatoms. The third kappa shape index (κ3) is 6.14. The highest BCUT2D eigenvalue weighted by Gasteiger charge is 2.09. The van der Waals surface area contributed by atoms with Crippen molar-refractivity contribution in [3.05, 3.63) is 45.3 Å². The van der Waals surface area contributed by atoms with Crippen molar-refractivity contribution in [1.82, 2.24) is 9.78 Å². The first-order valence-electron chi connectivity index (χ1n) is 8.87. The van der Waals surface area contributed by atoms with Crippen LogP contribution in [0.4, 0.5) is 5.69 Å². The fourth-order valence-corrected chi connectivity index (χ4v) is 3.27. The zero-order chi connectivity index (χ0) is 19.6. The maximum Gasteiger partial charge on any atom is 0.287 e. The number of nitrogens with one attached hydrogen (secondary N) is 1. The number of aryl methyl sites for hydroxylation is 1. The van der Waals surface area contributed by atoms with E-state index in [-0.39, 0.29) is 10.6 Å². The third-order valence-corrected chi connectivity index (χ3v) is 5.09. The summed E-state index contributed by atoms with van der Waals surface area (Å²) >= 11 is 9.63. The second-order valence-electron chi connectivity index (χ2n) is 6.02. The lowest BCUT2D eigenvalue weighted by molar-refractivity contribution is 0.354. The maximum absolute atomic E-state index is 12.3. The number of alkyl halides is 1. The number of anilines is 1. The minimum Gasteiger partial charge on any atom is -0.493 e. The van der Waals surface area contributed by atoms with Crippen molar-refractivity contribution in [3.8, 4) is 11.5 Å². The van der Waals surface area contributed by atoms with Crippen LogP contribution in [0.5, 0.6) is 11.5 Å². The lowest BCUT2D eigenvalue weighted by Crippen LogP contribution is -2.24. The summed E-state index contributed by atoms with van der Waals surface area (Å²) in [6.45, 7) is 1.20. The van der Waals surface area contributed by atoms with Gasteiger partial charge in [0.2, 0.25) is 0 Å². The van der Waals surface area contributed by atoms with Gasteiger partial charge in [-0.2, -0.15) is 5.10 Å². The number of hydrogen-bond acceptors (Lipinski definition) is 5. The Hall–Kier alpha value is -1.73. The van der Waals surface area contributed by atoms with Gasteiger partial charge < -0.3 is 14.8 Å². The smallest absolute Gasteiger partial charge is 0.287 e. The van der Waals surface area contributed by atoms with Crippen LogP contribution in [0.15, 0.2) is 29.2 Å². The molecule has 0 bridgehead atoms. The molecule has 0 saturated heterocycles. The Balaban J connectivity index is 1.94. The Kier molecular flexibility index (Phi) is 8.94. The minimum atomic E-state index is -0.258. The van der Waals surface area contributed by atoms with Crippen molar-refractivity contribution in [3.63, 3.8) is 0 Å². The number of benzene rings is 1. The van der Waals surface area contributed by atoms with Crippen LogP contribution in [0.25, 0.3) is 0 Å². The number of unbranched alkanes of at least 4 members (excludes halogenated alkanes) is 2. The standard InChI is InChI=1S/C19H25BrClN3O3/c1-26-16-7-6-14(12-17(16)27-2)8-10-22-15-13-23-24(19(25)18(15)21)11-5-3-4-9-20/h6-7,12-13,22H,3-5,8-11H2,1-2H3. The van der Waals surface area contributed by atoms with Crippen molar-refractivity contribution in [2.24, 2.45) is 0 Å². The molecule has 0 amide bonds. The van der Waals surface area contributed by atoms with Crippen molar-refractivity contribution < 1.29 is 9.47 Å². The highest BCUT2D eigenvalue weighted by molar-refractivity contribution is 9.09. The van der Waals surface area contributed by atoms with Gasteiger partial charge in [0.15, 0.2) is 11.5 Å². The van der Waals surface area contributed by atoms with E-state index in [2.05, 4.69) is 26.3 Å². The Morgan fingerprint density at radius 2 is 1.96 bits per heavy atom. The molecule has 6 nitrogen and oxygen atoms in total. The van der Waals surface area contributed by atoms with Crippen LogP contribution in [-0.4, -0.2) is 35.9 Å². The second kappa shape index (κ2) is 11.2. The average molecular weight is 459 g/mol. The molecule has 1 aromatic heterocycles. The van der Waals surface area contributed by atoms with Crippen molar-refractivity contribution >= 4 is 33.2 Å². The first-order valence-corrected chi connectivity index (χ1v) is 10.4. The molecule has 0 radical (unpaired) electrons. The Morgan fingerprint density at radius 1 is 1.19 bits per heavy atom. The molecule has 1 aromatic carbocycles. The average Bonchev–Trinajstić information content (AvgIpc) is 2.69. The molecule has 2 rings (SSSR count). The molecule has 1 N–H and O–H groups in total. The molecule has 0 unspecified atom stereocenters. The quantitative estimate of drug-likeness (QED) is 0.405. The zero-order valence-corrected chi connectivity index (χ0v) is 18.0. The number of methoxy groups -OCH3 is 2. The van der Waals surface area contributed by atoms with Crippen molar-refractivity contribution in [1.29, 1.82) is 0 Å². The van der Waals surface area contributed by atoms with E-state index >= 15 is 0 Å². The summed E-state index contributed by atoms with van der Waals surface area (Å²) < 4.78 is 12.0. The molecule has 0 atom stereocenters. The van der Waals surface area contributed by atoms with E-state index in [0.29, 0.717) is 30.3 Å². The van der Waals surface area contributed by atoms with Gasteiger partial charge in [-0.25, -0.2) is 4.68 Å². The highest BCUT2D eigenvalue weighted by atomic mass is 79.9. The normalized spacial score (nSPS) is 10.7. The molecule has 2 aromatic rings. The largest absolute Gasteiger partial charge is 0.493 e. The number of nitrogens with zero attached hydrogens (tertiary/aromatic N) is 2. The molecule has 0 spiro atoms. The first-order chi connectivity index (χ1) is 13.1. The zero-order valence-electron chi connectivity index (χ0n) is 15.6. The fraction of sp³-hybridized carbons (Fsp3) is 0.474. The van der Waals surface area contributed by atoms with Crippen LogP contribution in [0, 0.1) is 0 Å². The molecule has 0 aliphatic rings. The van der Waals surface area contributed by atoms with Crippen LogP contribution in [0.1, 0.15) is 24.8 Å². The van der Waals surface area contributed by atoms with E-state index in [4.69, 9.17) is 21.1 Å². The van der Waals surface area contributed by atoms with Crippen LogP contribution in [0.3, 0.4) is 0 Å². The van der Waals surface area contributed by atoms with E-state index in [1.807, 2.05) is 18.2 Å². The molecule has 0 saturated carbocycles. The third-order valence-electron chi connectivity index (χ3n) is 4.17. The molecule has 1 heterocycles. The van der Waals surface area contributed by atoms with Gasteiger partial charge in [0.1, 0.15) is 5.02 Å². The lowest BCUT2D eigenvalue weighted by atomic mass is 10.1. The molecule has 0 aliphatic heterocycles. The fourth-order valence-electron chi connectivity index (χ4n) is 2.66. The molecule has 0 aliphatic carbocycles. The van der Waals surface area contributed by atoms with Gasteiger partial charge in [-0.15, -0.1) is 0 Å². The topological polar surface area (TPSA) is 65.4 Å². The number of hydrogen-bond donors (Lipinski definition) is 1. The van der Waals surface area contributed by atoms with Gasteiger partial charge in [0, 0.05) is 18.4 Å². The monoisotopic (exact) mass is 457 g/mol. The summed E-state index contributed by atoms with van der Waals surface area (Å²) in [7, 11) is 3.22. The molecule has 27 heavy (non-hydrogen) atoms. The Bertz CT molecular complexity index is 798. The van der Waals surface area contributed by atoms with Gasteiger partial charge in [-0.05, 0) is 37.0 Å². The highest BCUT2D eigenvalue weighted by Crippen LogP contribution is 2.27. The maximum atomic E-state index is 12.3. The lowest BCUT2D eigenvalue weighted by Gasteiger charge is -2.12. The number of aromatic nitrogens is 2. The van der Waals surface area contributed by atoms with E-state index in [1.54, 1.807) is 20.4 Å². The van der Waals surface area contributed by atoms with Gasteiger partial charge in [0.25, 0.3) is 5.56 Å². The summed E-state index contributed by atoms with van der Waals surface area (Å²) in [5.41, 5.74) is 1.38. The van der Waals surface area contributed by atoms with Crippen molar-refractivity contribution in [2.75, 3.05) is 31.4 Å².